The maximum atomic E-state index is 11.7. The van der Waals surface area contributed by atoms with Crippen LogP contribution in [-0.4, -0.2) is 60.0 Å². The fraction of sp³-hybridized carbons (Fsp3) is 0.727. The predicted octanol–water partition coefficient (Wildman–Crippen LogP) is -2.56. The first-order valence-electron chi connectivity index (χ1n) is 6.14. The molecule has 0 bridgehead atoms. The number of carbonyl (C=O) groups excluding carboxylic acids is 2. The molecule has 0 unspecified atom stereocenters. The minimum atomic E-state index is -1.14. The molecule has 9 heteroatoms. The Morgan fingerprint density at radius 2 is 2.05 bits per heavy atom. The molecule has 2 atom stereocenters. The summed E-state index contributed by atoms with van der Waals surface area (Å²) in [7, 11) is 0. The van der Waals surface area contributed by atoms with Crippen LogP contribution in [0.25, 0.3) is 0 Å². The zero-order chi connectivity index (χ0) is 15.5. The van der Waals surface area contributed by atoms with E-state index in [1.54, 1.807) is 0 Å². The number of guanidine groups is 1. The van der Waals surface area contributed by atoms with Crippen LogP contribution in [0.2, 0.25) is 0 Å². The van der Waals surface area contributed by atoms with E-state index in [2.05, 4.69) is 10.3 Å². The number of aliphatic hydroxyl groups is 2. The summed E-state index contributed by atoms with van der Waals surface area (Å²) in [5, 5.41) is 20.1. The lowest BCUT2D eigenvalue weighted by Crippen LogP contribution is -2.41. The Bertz CT molecular complexity index is 344. The number of aliphatic imine (C=N–C) groups is 1. The number of amides is 1. The number of hydrogen-bond donors (Lipinski definition) is 5. The predicted molar refractivity (Wildman–Crippen MR) is 71.6 cm³/mol. The number of rotatable bonds is 9. The molecule has 0 aliphatic rings. The van der Waals surface area contributed by atoms with Gasteiger partial charge in [0.2, 0.25) is 5.91 Å². The number of carbonyl (C=O) groups is 2. The Balaban J connectivity index is 4.28. The van der Waals surface area contributed by atoms with Gasteiger partial charge in [0.25, 0.3) is 0 Å². The van der Waals surface area contributed by atoms with E-state index in [4.69, 9.17) is 26.4 Å². The molecular formula is C11H22N4O5. The van der Waals surface area contributed by atoms with Crippen molar-refractivity contribution in [3.8, 4) is 0 Å². The lowest BCUT2D eigenvalue weighted by atomic mass is 10.1. The third kappa shape index (κ3) is 9.11. The zero-order valence-electron chi connectivity index (χ0n) is 11.4. The molecule has 20 heavy (non-hydrogen) atoms. The van der Waals surface area contributed by atoms with Gasteiger partial charge in [0, 0.05) is 13.5 Å². The van der Waals surface area contributed by atoms with Crippen LogP contribution in [0.15, 0.2) is 4.99 Å². The van der Waals surface area contributed by atoms with E-state index in [-0.39, 0.29) is 18.5 Å². The monoisotopic (exact) mass is 290 g/mol. The van der Waals surface area contributed by atoms with Crippen molar-refractivity contribution >= 4 is 17.8 Å². The first-order chi connectivity index (χ1) is 9.36. The first kappa shape index (κ1) is 18.1. The van der Waals surface area contributed by atoms with Gasteiger partial charge < -0.3 is 31.7 Å². The van der Waals surface area contributed by atoms with E-state index < -0.39 is 24.7 Å². The number of nitrogens with one attached hydrogen (secondary N) is 1. The van der Waals surface area contributed by atoms with Crippen LogP contribution in [0.5, 0.6) is 0 Å². The lowest BCUT2D eigenvalue weighted by Gasteiger charge is -2.17. The van der Waals surface area contributed by atoms with Crippen LogP contribution in [-0.2, 0) is 14.3 Å². The van der Waals surface area contributed by atoms with Crippen LogP contribution in [0.3, 0.4) is 0 Å². The SMILES string of the molecule is CC(=O)N[C@@H](CCCN=C(N)N)C(=O)OC[C@@H](O)CO. The van der Waals surface area contributed by atoms with Crippen LogP contribution in [0.4, 0.5) is 0 Å². The standard InChI is InChI=1S/C11H22N4O5/c1-7(17)15-9(3-2-4-14-11(12)13)10(19)20-6-8(18)5-16/h8-9,16,18H,2-6H2,1H3,(H,15,17)(H4,12,13,14)/t8-,9-/m0/s1. The van der Waals surface area contributed by atoms with E-state index in [1.807, 2.05) is 0 Å². The summed E-state index contributed by atoms with van der Waals surface area (Å²) in [6.07, 6.45) is -0.371. The molecule has 0 saturated heterocycles. The summed E-state index contributed by atoms with van der Waals surface area (Å²) in [5.74, 6) is -1.11. The molecule has 0 aliphatic carbocycles. The van der Waals surface area contributed by atoms with Gasteiger partial charge in [-0.15, -0.1) is 0 Å². The summed E-state index contributed by atoms with van der Waals surface area (Å²) in [5.41, 5.74) is 10.3. The Kier molecular flexibility index (Phi) is 9.05. The van der Waals surface area contributed by atoms with Crippen molar-refractivity contribution in [2.24, 2.45) is 16.5 Å². The number of hydrogen-bond acceptors (Lipinski definition) is 6. The molecule has 0 aliphatic heterocycles. The van der Waals surface area contributed by atoms with E-state index in [9.17, 15) is 9.59 Å². The quantitative estimate of drug-likeness (QED) is 0.135. The minimum absolute atomic E-state index is 0.0466. The van der Waals surface area contributed by atoms with Gasteiger partial charge in [-0.25, -0.2) is 4.79 Å². The van der Waals surface area contributed by atoms with Crippen LogP contribution in [0, 0.1) is 0 Å². The molecule has 0 rings (SSSR count). The molecule has 0 saturated carbocycles. The second-order valence-electron chi connectivity index (χ2n) is 4.17. The fourth-order valence-electron chi connectivity index (χ4n) is 1.33. The van der Waals surface area contributed by atoms with Gasteiger partial charge in [-0.05, 0) is 12.8 Å². The molecule has 9 nitrogen and oxygen atoms in total. The van der Waals surface area contributed by atoms with Gasteiger partial charge >= 0.3 is 5.97 Å². The molecule has 116 valence electrons. The summed E-state index contributed by atoms with van der Waals surface area (Å²) >= 11 is 0. The van der Waals surface area contributed by atoms with Gasteiger partial charge in [-0.3, -0.25) is 9.79 Å². The Morgan fingerprint density at radius 3 is 2.55 bits per heavy atom. The molecule has 0 heterocycles. The zero-order valence-corrected chi connectivity index (χ0v) is 11.4. The number of ether oxygens (including phenoxy) is 1. The molecule has 0 spiro atoms. The molecule has 0 aromatic heterocycles. The normalized spacial score (nSPS) is 13.2. The highest BCUT2D eigenvalue weighted by Gasteiger charge is 2.21. The van der Waals surface area contributed by atoms with Crippen molar-refractivity contribution in [1.82, 2.24) is 5.32 Å². The average molecular weight is 290 g/mol. The number of aliphatic hydroxyl groups excluding tert-OH is 2. The average Bonchev–Trinajstić information content (AvgIpc) is 2.38. The van der Waals surface area contributed by atoms with E-state index in [1.165, 1.54) is 6.92 Å². The highest BCUT2D eigenvalue weighted by atomic mass is 16.5. The first-order valence-corrected chi connectivity index (χ1v) is 6.14. The highest BCUT2D eigenvalue weighted by Crippen LogP contribution is 2.02. The molecular weight excluding hydrogens is 268 g/mol. The van der Waals surface area contributed by atoms with Gasteiger partial charge in [0.1, 0.15) is 18.8 Å². The summed E-state index contributed by atoms with van der Waals surface area (Å²) in [6, 6.07) is -0.840. The van der Waals surface area contributed by atoms with Crippen LogP contribution < -0.4 is 16.8 Å². The van der Waals surface area contributed by atoms with Gasteiger partial charge in [0.15, 0.2) is 5.96 Å². The molecule has 0 aromatic carbocycles. The minimum Gasteiger partial charge on any atom is -0.461 e. The van der Waals surface area contributed by atoms with Gasteiger partial charge in [-0.2, -0.15) is 0 Å². The topological polar surface area (TPSA) is 160 Å². The van der Waals surface area contributed by atoms with Gasteiger partial charge in [0.05, 0.1) is 6.61 Å². The molecule has 0 radical (unpaired) electrons. The molecule has 1 amide bonds. The summed E-state index contributed by atoms with van der Waals surface area (Å²) in [4.78, 5) is 26.5. The van der Waals surface area contributed by atoms with E-state index in [0.717, 1.165) is 0 Å². The molecule has 0 fully saturated rings. The fourth-order valence-corrected chi connectivity index (χ4v) is 1.33. The molecule has 0 aromatic rings. The number of esters is 1. The van der Waals surface area contributed by atoms with Crippen LogP contribution >= 0.6 is 0 Å². The van der Waals surface area contributed by atoms with Crippen molar-refractivity contribution in [3.05, 3.63) is 0 Å². The van der Waals surface area contributed by atoms with Gasteiger partial charge in [-0.1, -0.05) is 0 Å². The Hall–Kier alpha value is -1.87. The number of nitrogens with zero attached hydrogens (tertiary/aromatic N) is 1. The highest BCUT2D eigenvalue weighted by molar-refractivity contribution is 5.83. The van der Waals surface area contributed by atoms with Crippen molar-refractivity contribution in [3.63, 3.8) is 0 Å². The number of nitrogens with two attached hydrogens (primary N) is 2. The van der Waals surface area contributed by atoms with Crippen molar-refractivity contribution in [2.75, 3.05) is 19.8 Å². The van der Waals surface area contributed by atoms with Crippen molar-refractivity contribution < 1.29 is 24.5 Å². The third-order valence-electron chi connectivity index (χ3n) is 2.24. The van der Waals surface area contributed by atoms with Crippen LogP contribution in [0.1, 0.15) is 19.8 Å². The second kappa shape index (κ2) is 9.98. The Morgan fingerprint density at radius 1 is 1.40 bits per heavy atom. The Labute approximate surface area is 117 Å². The maximum Gasteiger partial charge on any atom is 0.328 e. The molecule has 7 N–H and O–H groups in total. The van der Waals surface area contributed by atoms with Crippen molar-refractivity contribution in [2.45, 2.75) is 31.9 Å². The second-order valence-corrected chi connectivity index (χ2v) is 4.17. The van der Waals surface area contributed by atoms with E-state index in [0.29, 0.717) is 19.4 Å². The smallest absolute Gasteiger partial charge is 0.328 e. The third-order valence-corrected chi connectivity index (χ3v) is 2.24. The maximum absolute atomic E-state index is 11.7. The summed E-state index contributed by atoms with van der Waals surface area (Å²) in [6.45, 7) is 0.756. The lowest BCUT2D eigenvalue weighted by molar-refractivity contribution is -0.151. The van der Waals surface area contributed by atoms with E-state index >= 15 is 0 Å². The largest absolute Gasteiger partial charge is 0.461 e. The summed E-state index contributed by atoms with van der Waals surface area (Å²) < 4.78 is 4.79. The van der Waals surface area contributed by atoms with Crippen molar-refractivity contribution in [1.29, 1.82) is 0 Å².